The van der Waals surface area contributed by atoms with Gasteiger partial charge in [-0.05, 0) is 37.1 Å². The predicted molar refractivity (Wildman–Crippen MR) is 96.2 cm³/mol. The SMILES string of the molecule is Cc1ccccc1CNC(=O)[C@@H](C)N(c1ccccc1F)S(C)(=O)=O. The minimum Gasteiger partial charge on any atom is -0.350 e. The maximum absolute atomic E-state index is 14.1. The lowest BCUT2D eigenvalue weighted by Gasteiger charge is -2.28. The van der Waals surface area contributed by atoms with Gasteiger partial charge in [-0.15, -0.1) is 0 Å². The number of hydrogen-bond acceptors (Lipinski definition) is 3. The lowest BCUT2D eigenvalue weighted by atomic mass is 10.1. The van der Waals surface area contributed by atoms with Crippen molar-refractivity contribution in [1.29, 1.82) is 0 Å². The van der Waals surface area contributed by atoms with Crippen molar-refractivity contribution >= 4 is 21.6 Å². The van der Waals surface area contributed by atoms with E-state index in [1.54, 1.807) is 0 Å². The number of para-hydroxylation sites is 1. The van der Waals surface area contributed by atoms with Crippen LogP contribution < -0.4 is 9.62 Å². The average molecular weight is 364 g/mol. The third-order valence-electron chi connectivity index (χ3n) is 3.89. The molecule has 0 heterocycles. The Kier molecular flexibility index (Phi) is 5.79. The van der Waals surface area contributed by atoms with Crippen molar-refractivity contribution in [3.8, 4) is 0 Å². The molecule has 2 rings (SSSR count). The second-order valence-corrected chi connectivity index (χ2v) is 7.69. The zero-order valence-corrected chi connectivity index (χ0v) is 15.2. The van der Waals surface area contributed by atoms with Gasteiger partial charge in [0.25, 0.3) is 0 Å². The van der Waals surface area contributed by atoms with Gasteiger partial charge in [-0.3, -0.25) is 9.10 Å². The zero-order valence-electron chi connectivity index (χ0n) is 14.4. The number of amides is 1. The molecule has 7 heteroatoms. The van der Waals surface area contributed by atoms with Gasteiger partial charge in [0.15, 0.2) is 0 Å². The second kappa shape index (κ2) is 7.65. The summed E-state index contributed by atoms with van der Waals surface area (Å²) in [5, 5.41) is 2.71. The summed E-state index contributed by atoms with van der Waals surface area (Å²) >= 11 is 0. The Bertz CT molecular complexity index is 868. The summed E-state index contributed by atoms with van der Waals surface area (Å²) in [5.41, 5.74) is 1.80. The van der Waals surface area contributed by atoms with E-state index in [-0.39, 0.29) is 12.2 Å². The van der Waals surface area contributed by atoms with Crippen molar-refractivity contribution < 1.29 is 17.6 Å². The first kappa shape index (κ1) is 18.9. The number of hydrogen-bond donors (Lipinski definition) is 1. The molecule has 0 aliphatic heterocycles. The van der Waals surface area contributed by atoms with Gasteiger partial charge in [0.1, 0.15) is 11.9 Å². The topological polar surface area (TPSA) is 66.5 Å². The molecule has 0 aromatic heterocycles. The van der Waals surface area contributed by atoms with Gasteiger partial charge in [-0.2, -0.15) is 0 Å². The van der Waals surface area contributed by atoms with Crippen LogP contribution in [0.2, 0.25) is 0 Å². The fourth-order valence-electron chi connectivity index (χ4n) is 2.55. The Labute approximate surface area is 147 Å². The Morgan fingerprint density at radius 1 is 1.16 bits per heavy atom. The Balaban J connectivity index is 2.22. The van der Waals surface area contributed by atoms with Gasteiger partial charge < -0.3 is 5.32 Å². The number of halogens is 1. The molecular formula is C18H21FN2O3S. The van der Waals surface area contributed by atoms with Crippen LogP contribution in [0.3, 0.4) is 0 Å². The largest absolute Gasteiger partial charge is 0.350 e. The van der Waals surface area contributed by atoms with E-state index in [1.165, 1.54) is 25.1 Å². The van der Waals surface area contributed by atoms with E-state index in [0.717, 1.165) is 27.8 Å². The van der Waals surface area contributed by atoms with Crippen molar-refractivity contribution in [2.24, 2.45) is 0 Å². The van der Waals surface area contributed by atoms with E-state index in [9.17, 15) is 17.6 Å². The molecule has 2 aromatic carbocycles. The standard InChI is InChI=1S/C18H21FN2O3S/c1-13-8-4-5-9-15(13)12-20-18(22)14(2)21(25(3,23)24)17-11-7-6-10-16(17)19/h4-11,14H,12H2,1-3H3,(H,20,22)/t14-/m1/s1. The molecule has 0 aliphatic rings. The Morgan fingerprint density at radius 3 is 2.36 bits per heavy atom. The van der Waals surface area contributed by atoms with Crippen LogP contribution in [-0.2, 0) is 21.4 Å². The lowest BCUT2D eigenvalue weighted by Crippen LogP contribution is -2.48. The van der Waals surface area contributed by atoms with Gasteiger partial charge in [0.2, 0.25) is 15.9 Å². The fourth-order valence-corrected chi connectivity index (χ4v) is 3.73. The van der Waals surface area contributed by atoms with E-state index in [0.29, 0.717) is 0 Å². The normalized spacial score (nSPS) is 12.5. The summed E-state index contributed by atoms with van der Waals surface area (Å²) < 4.78 is 39.1. The van der Waals surface area contributed by atoms with Gasteiger partial charge >= 0.3 is 0 Å². The number of carbonyl (C=O) groups is 1. The van der Waals surface area contributed by atoms with Crippen LogP contribution in [0.25, 0.3) is 0 Å². The minimum absolute atomic E-state index is 0.149. The van der Waals surface area contributed by atoms with Crippen LogP contribution in [0.5, 0.6) is 0 Å². The molecule has 2 aromatic rings. The number of rotatable bonds is 6. The smallest absolute Gasteiger partial charge is 0.243 e. The third-order valence-corrected chi connectivity index (χ3v) is 5.12. The highest BCUT2D eigenvalue weighted by molar-refractivity contribution is 7.92. The number of nitrogens with one attached hydrogen (secondary N) is 1. The summed E-state index contributed by atoms with van der Waals surface area (Å²) in [5.74, 6) is -1.21. The highest BCUT2D eigenvalue weighted by atomic mass is 32.2. The third kappa shape index (κ3) is 4.57. The first-order chi connectivity index (χ1) is 11.7. The number of nitrogens with zero attached hydrogens (tertiary/aromatic N) is 1. The summed E-state index contributed by atoms with van der Waals surface area (Å²) in [4.78, 5) is 12.5. The molecule has 0 radical (unpaired) electrons. The molecule has 5 nitrogen and oxygen atoms in total. The fraction of sp³-hybridized carbons (Fsp3) is 0.278. The maximum atomic E-state index is 14.1. The number of anilines is 1. The van der Waals surface area contributed by atoms with Crippen LogP contribution >= 0.6 is 0 Å². The van der Waals surface area contributed by atoms with E-state index in [1.807, 2.05) is 31.2 Å². The number of benzene rings is 2. The van der Waals surface area contributed by atoms with Crippen LogP contribution in [0, 0.1) is 12.7 Å². The van der Waals surface area contributed by atoms with Crippen LogP contribution in [0.4, 0.5) is 10.1 Å². The Hall–Kier alpha value is -2.41. The summed E-state index contributed by atoms with van der Waals surface area (Å²) in [6.45, 7) is 3.62. The summed E-state index contributed by atoms with van der Waals surface area (Å²) in [7, 11) is -3.84. The molecule has 0 saturated carbocycles. The number of carbonyl (C=O) groups excluding carboxylic acids is 1. The highest BCUT2D eigenvalue weighted by Gasteiger charge is 2.30. The number of aryl methyl sites for hydroxylation is 1. The van der Waals surface area contributed by atoms with E-state index < -0.39 is 27.8 Å². The molecule has 25 heavy (non-hydrogen) atoms. The molecule has 1 amide bonds. The first-order valence-corrected chi connectivity index (χ1v) is 9.63. The molecule has 0 aliphatic carbocycles. The first-order valence-electron chi connectivity index (χ1n) is 7.78. The van der Waals surface area contributed by atoms with E-state index in [2.05, 4.69) is 5.32 Å². The van der Waals surface area contributed by atoms with Gasteiger partial charge in [0.05, 0.1) is 11.9 Å². The van der Waals surface area contributed by atoms with Crippen LogP contribution in [0.1, 0.15) is 18.1 Å². The zero-order chi connectivity index (χ0) is 18.6. The maximum Gasteiger partial charge on any atom is 0.243 e. The van der Waals surface area contributed by atoms with Crippen LogP contribution in [-0.4, -0.2) is 26.6 Å². The summed E-state index contributed by atoms with van der Waals surface area (Å²) in [6, 6.07) is 11.9. The second-order valence-electron chi connectivity index (χ2n) is 5.83. The molecule has 1 N–H and O–H groups in total. The molecule has 0 spiro atoms. The van der Waals surface area contributed by atoms with Crippen molar-refractivity contribution in [3.63, 3.8) is 0 Å². The molecule has 0 bridgehead atoms. The van der Waals surface area contributed by atoms with Gasteiger partial charge in [-0.25, -0.2) is 12.8 Å². The van der Waals surface area contributed by atoms with Crippen molar-refractivity contribution in [1.82, 2.24) is 5.32 Å². The average Bonchev–Trinajstić information content (AvgIpc) is 2.54. The molecule has 0 fully saturated rings. The lowest BCUT2D eigenvalue weighted by molar-refractivity contribution is -0.122. The number of sulfonamides is 1. The molecule has 0 unspecified atom stereocenters. The van der Waals surface area contributed by atoms with Crippen LogP contribution in [0.15, 0.2) is 48.5 Å². The molecule has 0 saturated heterocycles. The molecular weight excluding hydrogens is 343 g/mol. The van der Waals surface area contributed by atoms with E-state index >= 15 is 0 Å². The summed E-state index contributed by atoms with van der Waals surface area (Å²) in [6.07, 6.45) is 0.949. The van der Waals surface area contributed by atoms with E-state index in [4.69, 9.17) is 0 Å². The minimum atomic E-state index is -3.84. The van der Waals surface area contributed by atoms with Crippen molar-refractivity contribution in [3.05, 3.63) is 65.5 Å². The van der Waals surface area contributed by atoms with Crippen molar-refractivity contribution in [2.75, 3.05) is 10.6 Å². The quantitative estimate of drug-likeness (QED) is 0.857. The molecule has 134 valence electrons. The predicted octanol–water partition coefficient (Wildman–Crippen LogP) is 2.61. The monoisotopic (exact) mass is 364 g/mol. The van der Waals surface area contributed by atoms with Crippen molar-refractivity contribution in [2.45, 2.75) is 26.4 Å². The molecule has 1 atom stereocenters. The Morgan fingerprint density at radius 2 is 1.76 bits per heavy atom. The highest BCUT2D eigenvalue weighted by Crippen LogP contribution is 2.24. The van der Waals surface area contributed by atoms with Gasteiger partial charge in [0, 0.05) is 6.54 Å². The van der Waals surface area contributed by atoms with Gasteiger partial charge in [-0.1, -0.05) is 36.4 Å².